The van der Waals surface area contributed by atoms with Crippen molar-refractivity contribution >= 4 is 14.4 Å². The van der Waals surface area contributed by atoms with Crippen LogP contribution in [0.25, 0.3) is 0 Å². The molecule has 1 aliphatic heterocycles. The smallest absolute Gasteiger partial charge is 0.407 e. The van der Waals surface area contributed by atoms with Gasteiger partial charge in [-0.1, -0.05) is 20.8 Å². The van der Waals surface area contributed by atoms with Gasteiger partial charge in [-0.15, -0.1) is 0 Å². The quantitative estimate of drug-likeness (QED) is 0.783. The van der Waals surface area contributed by atoms with Crippen molar-refractivity contribution in [3.8, 4) is 0 Å². The van der Waals surface area contributed by atoms with Crippen LogP contribution in [0.1, 0.15) is 34.1 Å². The third-order valence-electron chi connectivity index (χ3n) is 4.72. The molecule has 0 radical (unpaired) electrons. The van der Waals surface area contributed by atoms with Gasteiger partial charge < -0.3 is 14.6 Å². The molecule has 0 spiro atoms. The molecule has 0 bridgehead atoms. The van der Waals surface area contributed by atoms with Crippen molar-refractivity contribution in [1.82, 2.24) is 4.90 Å². The summed E-state index contributed by atoms with van der Waals surface area (Å²) in [5.74, 6) is 0. The molecule has 2 N–H and O–H groups in total. The van der Waals surface area contributed by atoms with Crippen molar-refractivity contribution < 1.29 is 19.4 Å². The van der Waals surface area contributed by atoms with Gasteiger partial charge in [0.15, 0.2) is 8.32 Å². The lowest BCUT2D eigenvalue weighted by atomic mass is 9.97. The Balaban J connectivity index is 2.94. The van der Waals surface area contributed by atoms with E-state index in [1.54, 1.807) is 6.92 Å². The Morgan fingerprint density at radius 3 is 2.37 bits per heavy atom. The second-order valence-electron chi connectivity index (χ2n) is 7.10. The number of hydrogen-bond donors (Lipinski definition) is 2. The van der Waals surface area contributed by atoms with Crippen LogP contribution in [-0.4, -0.2) is 54.3 Å². The molecular weight excluding hydrogens is 262 g/mol. The molecule has 112 valence electrons. The van der Waals surface area contributed by atoms with Crippen molar-refractivity contribution in [3.63, 3.8) is 0 Å². The summed E-state index contributed by atoms with van der Waals surface area (Å²) in [7, 11) is -1.97. The third-order valence-corrected chi connectivity index (χ3v) is 9.21. The van der Waals surface area contributed by atoms with E-state index in [2.05, 4.69) is 33.9 Å². The van der Waals surface area contributed by atoms with Crippen LogP contribution in [0.5, 0.6) is 0 Å². The summed E-state index contributed by atoms with van der Waals surface area (Å²) < 4.78 is 6.32. The minimum absolute atomic E-state index is 0.0695. The Kier molecular flexibility index (Phi) is 4.39. The predicted molar refractivity (Wildman–Crippen MR) is 76.9 cm³/mol. The maximum absolute atomic E-state index is 11.3. The van der Waals surface area contributed by atoms with Crippen LogP contribution in [0.15, 0.2) is 0 Å². The summed E-state index contributed by atoms with van der Waals surface area (Å²) in [6.45, 7) is 12.7. The highest BCUT2D eigenvalue weighted by molar-refractivity contribution is 6.74. The number of carbonyl (C=O) groups is 1. The van der Waals surface area contributed by atoms with Crippen LogP contribution >= 0.6 is 0 Å². The predicted octanol–water partition coefficient (Wildman–Crippen LogP) is 2.51. The fourth-order valence-electron chi connectivity index (χ4n) is 2.21. The lowest BCUT2D eigenvalue weighted by Crippen LogP contribution is -2.57. The van der Waals surface area contributed by atoms with Crippen molar-refractivity contribution in [1.29, 1.82) is 0 Å². The number of aliphatic hydroxyl groups is 1. The van der Waals surface area contributed by atoms with Gasteiger partial charge in [0.1, 0.15) is 0 Å². The van der Waals surface area contributed by atoms with Gasteiger partial charge in [0.25, 0.3) is 0 Å². The van der Waals surface area contributed by atoms with Crippen LogP contribution in [0.4, 0.5) is 4.79 Å². The molecule has 1 amide bonds. The molecule has 1 rings (SSSR count). The van der Waals surface area contributed by atoms with E-state index in [4.69, 9.17) is 4.43 Å². The highest BCUT2D eigenvalue weighted by atomic mass is 28.4. The molecule has 1 aliphatic rings. The molecule has 0 aromatic heterocycles. The number of aliphatic hydroxyl groups excluding tert-OH is 1. The summed E-state index contributed by atoms with van der Waals surface area (Å²) in [4.78, 5) is 12.6. The van der Waals surface area contributed by atoms with E-state index in [1.807, 2.05) is 0 Å². The maximum Gasteiger partial charge on any atom is 0.407 e. The number of amides is 1. The zero-order chi connectivity index (χ0) is 15.1. The molecule has 1 saturated heterocycles. The van der Waals surface area contributed by atoms with Crippen molar-refractivity contribution in [2.45, 2.75) is 63.9 Å². The summed E-state index contributed by atoms with van der Waals surface area (Å²) in [6, 6.07) is 0. The van der Waals surface area contributed by atoms with Crippen LogP contribution in [0.2, 0.25) is 18.1 Å². The zero-order valence-corrected chi connectivity index (χ0v) is 13.9. The lowest BCUT2D eigenvalue weighted by molar-refractivity contribution is 0.00953. The Labute approximate surface area is 116 Å². The van der Waals surface area contributed by atoms with E-state index in [9.17, 15) is 15.0 Å². The van der Waals surface area contributed by atoms with Crippen LogP contribution < -0.4 is 0 Å². The van der Waals surface area contributed by atoms with Gasteiger partial charge in [-0.05, 0) is 31.5 Å². The molecule has 6 heteroatoms. The first-order chi connectivity index (χ1) is 8.45. The molecule has 19 heavy (non-hydrogen) atoms. The molecule has 2 atom stereocenters. The van der Waals surface area contributed by atoms with Crippen LogP contribution in [-0.2, 0) is 4.43 Å². The maximum atomic E-state index is 11.3. The normalized spacial score (nSPS) is 28.8. The number of likely N-dealkylation sites (tertiary alicyclic amines) is 1. The average Bonchev–Trinajstić information content (AvgIpc) is 2.55. The van der Waals surface area contributed by atoms with Gasteiger partial charge in [-0.25, -0.2) is 4.79 Å². The SMILES string of the molecule is CC(C)(C)[Si](C)(C)O[C@H]1CCN(C(=O)O)[C@@]1(C)CO. The molecule has 1 fully saturated rings. The van der Waals surface area contributed by atoms with Crippen molar-refractivity contribution in [2.75, 3.05) is 13.2 Å². The topological polar surface area (TPSA) is 70.0 Å². The monoisotopic (exact) mass is 289 g/mol. The van der Waals surface area contributed by atoms with Gasteiger partial charge in [-0.3, -0.25) is 4.90 Å². The summed E-state index contributed by atoms with van der Waals surface area (Å²) in [6.07, 6.45) is -0.567. The first-order valence-electron chi connectivity index (χ1n) is 6.75. The van der Waals surface area contributed by atoms with E-state index in [0.29, 0.717) is 13.0 Å². The number of hydrogen-bond acceptors (Lipinski definition) is 3. The van der Waals surface area contributed by atoms with Gasteiger partial charge >= 0.3 is 6.09 Å². The van der Waals surface area contributed by atoms with E-state index in [0.717, 1.165) is 0 Å². The fraction of sp³-hybridized carbons (Fsp3) is 0.923. The second kappa shape index (κ2) is 5.07. The highest BCUT2D eigenvalue weighted by Gasteiger charge is 2.51. The summed E-state index contributed by atoms with van der Waals surface area (Å²) >= 11 is 0. The number of carboxylic acid groups (broad SMARTS) is 1. The molecule has 1 heterocycles. The number of nitrogens with zero attached hydrogens (tertiary/aromatic N) is 1. The average molecular weight is 289 g/mol. The Morgan fingerprint density at radius 2 is 2.00 bits per heavy atom. The van der Waals surface area contributed by atoms with E-state index in [-0.39, 0.29) is 17.7 Å². The first-order valence-corrected chi connectivity index (χ1v) is 9.66. The summed E-state index contributed by atoms with van der Waals surface area (Å²) in [5.41, 5.74) is -0.832. The Morgan fingerprint density at radius 1 is 1.47 bits per heavy atom. The first kappa shape index (κ1) is 16.5. The molecule has 0 aromatic rings. The van der Waals surface area contributed by atoms with Crippen LogP contribution in [0.3, 0.4) is 0 Å². The van der Waals surface area contributed by atoms with Crippen molar-refractivity contribution in [3.05, 3.63) is 0 Å². The molecule has 0 unspecified atom stereocenters. The van der Waals surface area contributed by atoms with Gasteiger partial charge in [-0.2, -0.15) is 0 Å². The minimum atomic E-state index is -1.97. The zero-order valence-electron chi connectivity index (χ0n) is 12.9. The second-order valence-corrected chi connectivity index (χ2v) is 11.9. The molecular formula is C13H27NO4Si. The molecule has 0 aliphatic carbocycles. The van der Waals surface area contributed by atoms with E-state index < -0.39 is 19.9 Å². The van der Waals surface area contributed by atoms with Gasteiger partial charge in [0.2, 0.25) is 0 Å². The lowest BCUT2D eigenvalue weighted by Gasteiger charge is -2.43. The Hall–Kier alpha value is -0.593. The summed E-state index contributed by atoms with van der Waals surface area (Å²) in [5, 5.41) is 18.9. The highest BCUT2D eigenvalue weighted by Crippen LogP contribution is 2.41. The fourth-order valence-corrected chi connectivity index (χ4v) is 3.64. The van der Waals surface area contributed by atoms with E-state index in [1.165, 1.54) is 4.90 Å². The van der Waals surface area contributed by atoms with Crippen LogP contribution in [0, 0.1) is 0 Å². The molecule has 0 aromatic carbocycles. The van der Waals surface area contributed by atoms with Gasteiger partial charge in [0.05, 0.1) is 18.2 Å². The minimum Gasteiger partial charge on any atom is -0.465 e. The molecule has 5 nitrogen and oxygen atoms in total. The largest absolute Gasteiger partial charge is 0.465 e. The standard InChI is InChI=1S/C13H27NO4Si/c1-12(2,3)19(5,6)18-10-7-8-14(11(16)17)13(10,4)9-15/h10,15H,7-9H2,1-6H3,(H,16,17)/t10-,13-/m0/s1. The molecule has 0 saturated carbocycles. The van der Waals surface area contributed by atoms with Crippen molar-refractivity contribution in [2.24, 2.45) is 0 Å². The van der Waals surface area contributed by atoms with E-state index >= 15 is 0 Å². The number of rotatable bonds is 3. The van der Waals surface area contributed by atoms with Gasteiger partial charge in [0, 0.05) is 6.54 Å². The third kappa shape index (κ3) is 2.95. The Bertz CT molecular complexity index is 353.